The SMILES string of the molecule is Cc1ccc(C(=O)N(CCN2CCOCC2)CC(=O)N(Cc2ccc(F)cc2)Cc2ccco2)cc1. The van der Waals surface area contributed by atoms with Gasteiger partial charge in [0, 0.05) is 38.3 Å². The highest BCUT2D eigenvalue weighted by Gasteiger charge is 2.24. The van der Waals surface area contributed by atoms with Crippen LogP contribution in [0.1, 0.15) is 27.2 Å². The van der Waals surface area contributed by atoms with Crippen molar-refractivity contribution in [3.63, 3.8) is 0 Å². The largest absolute Gasteiger partial charge is 0.467 e. The molecule has 0 unspecified atom stereocenters. The average molecular weight is 494 g/mol. The zero-order chi connectivity index (χ0) is 25.3. The second-order valence-electron chi connectivity index (χ2n) is 9.00. The van der Waals surface area contributed by atoms with E-state index < -0.39 is 0 Å². The maximum Gasteiger partial charge on any atom is 0.254 e. The Bertz CT molecular complexity index is 1110. The minimum Gasteiger partial charge on any atom is -0.467 e. The van der Waals surface area contributed by atoms with Crippen LogP contribution in [0.15, 0.2) is 71.3 Å². The fourth-order valence-corrected chi connectivity index (χ4v) is 4.11. The molecule has 36 heavy (non-hydrogen) atoms. The van der Waals surface area contributed by atoms with E-state index in [0.29, 0.717) is 37.6 Å². The highest BCUT2D eigenvalue weighted by Crippen LogP contribution is 2.14. The first-order chi connectivity index (χ1) is 17.5. The van der Waals surface area contributed by atoms with E-state index in [4.69, 9.17) is 9.15 Å². The van der Waals surface area contributed by atoms with Crippen LogP contribution >= 0.6 is 0 Å². The van der Waals surface area contributed by atoms with Gasteiger partial charge >= 0.3 is 0 Å². The minimum absolute atomic E-state index is 0.0705. The molecule has 0 spiro atoms. The summed E-state index contributed by atoms with van der Waals surface area (Å²) in [6.07, 6.45) is 1.56. The monoisotopic (exact) mass is 493 g/mol. The van der Waals surface area contributed by atoms with Gasteiger partial charge in [0.25, 0.3) is 5.91 Å². The lowest BCUT2D eigenvalue weighted by molar-refractivity contribution is -0.133. The van der Waals surface area contributed by atoms with E-state index in [9.17, 15) is 14.0 Å². The van der Waals surface area contributed by atoms with Gasteiger partial charge in [-0.1, -0.05) is 29.8 Å². The van der Waals surface area contributed by atoms with Gasteiger partial charge in [-0.15, -0.1) is 0 Å². The zero-order valence-corrected chi connectivity index (χ0v) is 20.6. The molecule has 2 heterocycles. The molecule has 2 amide bonds. The molecule has 0 N–H and O–H groups in total. The van der Waals surface area contributed by atoms with E-state index >= 15 is 0 Å². The number of hydrogen-bond acceptors (Lipinski definition) is 5. The third-order valence-corrected chi connectivity index (χ3v) is 6.27. The number of furan rings is 1. The fraction of sp³-hybridized carbons (Fsp3) is 0.357. The number of rotatable bonds is 10. The number of carbonyl (C=O) groups excluding carboxylic acids is 2. The fourth-order valence-electron chi connectivity index (χ4n) is 4.11. The number of nitrogens with zero attached hydrogens (tertiary/aromatic N) is 3. The van der Waals surface area contributed by atoms with Crippen LogP contribution in [0, 0.1) is 12.7 Å². The van der Waals surface area contributed by atoms with Crippen LogP contribution in [0.4, 0.5) is 4.39 Å². The van der Waals surface area contributed by atoms with Gasteiger partial charge in [0.2, 0.25) is 5.91 Å². The summed E-state index contributed by atoms with van der Waals surface area (Å²) < 4.78 is 24.3. The maximum absolute atomic E-state index is 13.6. The number of carbonyl (C=O) groups is 2. The Hall–Kier alpha value is -3.49. The predicted molar refractivity (Wildman–Crippen MR) is 134 cm³/mol. The van der Waals surface area contributed by atoms with Crippen molar-refractivity contribution < 1.29 is 23.1 Å². The van der Waals surface area contributed by atoms with Crippen molar-refractivity contribution in [1.29, 1.82) is 0 Å². The lowest BCUT2D eigenvalue weighted by Gasteiger charge is -2.31. The van der Waals surface area contributed by atoms with Crippen LogP contribution in [-0.2, 0) is 22.6 Å². The Morgan fingerprint density at radius 3 is 2.33 bits per heavy atom. The molecular weight excluding hydrogens is 461 g/mol. The molecule has 0 bridgehead atoms. The Labute approximate surface area is 211 Å². The summed E-state index contributed by atoms with van der Waals surface area (Å²) >= 11 is 0. The number of ether oxygens (including phenoxy) is 1. The van der Waals surface area contributed by atoms with Gasteiger partial charge in [0.15, 0.2) is 0 Å². The first-order valence-electron chi connectivity index (χ1n) is 12.2. The summed E-state index contributed by atoms with van der Waals surface area (Å²) in [6, 6.07) is 17.0. The van der Waals surface area contributed by atoms with Crippen molar-refractivity contribution in [2.45, 2.75) is 20.0 Å². The van der Waals surface area contributed by atoms with Crippen LogP contribution < -0.4 is 0 Å². The van der Waals surface area contributed by atoms with Crippen LogP contribution in [0.5, 0.6) is 0 Å². The molecule has 1 fully saturated rings. The van der Waals surface area contributed by atoms with Crippen molar-refractivity contribution in [3.05, 3.63) is 95.2 Å². The van der Waals surface area contributed by atoms with E-state index in [-0.39, 0.29) is 37.3 Å². The second-order valence-corrected chi connectivity index (χ2v) is 9.00. The molecule has 2 aromatic carbocycles. The molecule has 1 aromatic heterocycles. The third kappa shape index (κ3) is 7.26. The molecule has 1 saturated heterocycles. The van der Waals surface area contributed by atoms with Crippen LogP contribution in [0.3, 0.4) is 0 Å². The van der Waals surface area contributed by atoms with Crippen molar-refractivity contribution in [2.24, 2.45) is 0 Å². The first kappa shape index (κ1) is 25.6. The topological polar surface area (TPSA) is 66.2 Å². The summed E-state index contributed by atoms with van der Waals surface area (Å²) in [4.78, 5) is 32.5. The number of benzene rings is 2. The van der Waals surface area contributed by atoms with E-state index in [1.54, 1.807) is 52.5 Å². The molecule has 0 radical (unpaired) electrons. The van der Waals surface area contributed by atoms with Gasteiger partial charge in [0.05, 0.1) is 26.0 Å². The average Bonchev–Trinajstić information content (AvgIpc) is 3.41. The summed E-state index contributed by atoms with van der Waals surface area (Å²) in [5.41, 5.74) is 2.40. The van der Waals surface area contributed by atoms with Gasteiger partial charge in [-0.05, 0) is 48.9 Å². The molecule has 1 aliphatic heterocycles. The van der Waals surface area contributed by atoms with Gasteiger partial charge in [-0.3, -0.25) is 14.5 Å². The third-order valence-electron chi connectivity index (χ3n) is 6.27. The number of hydrogen-bond donors (Lipinski definition) is 0. The predicted octanol–water partition coefficient (Wildman–Crippen LogP) is 3.73. The van der Waals surface area contributed by atoms with Crippen LogP contribution in [0.2, 0.25) is 0 Å². The number of halogens is 1. The van der Waals surface area contributed by atoms with Gasteiger partial charge in [0.1, 0.15) is 18.1 Å². The Balaban J connectivity index is 1.51. The quantitative estimate of drug-likeness (QED) is 0.431. The highest BCUT2D eigenvalue weighted by atomic mass is 19.1. The minimum atomic E-state index is -0.333. The van der Waals surface area contributed by atoms with Gasteiger partial charge in [-0.2, -0.15) is 0 Å². The van der Waals surface area contributed by atoms with E-state index in [1.165, 1.54) is 12.1 Å². The Morgan fingerprint density at radius 1 is 0.944 bits per heavy atom. The lowest BCUT2D eigenvalue weighted by Crippen LogP contribution is -2.47. The van der Waals surface area contributed by atoms with E-state index in [2.05, 4.69) is 4.90 Å². The molecule has 190 valence electrons. The Morgan fingerprint density at radius 2 is 1.67 bits per heavy atom. The van der Waals surface area contributed by atoms with E-state index in [1.807, 2.05) is 19.1 Å². The lowest BCUT2D eigenvalue weighted by atomic mass is 10.1. The molecule has 1 aliphatic rings. The number of aryl methyl sites for hydroxylation is 1. The number of amides is 2. The summed E-state index contributed by atoms with van der Waals surface area (Å²) in [5.74, 6) is -0.0923. The van der Waals surface area contributed by atoms with Crippen molar-refractivity contribution in [2.75, 3.05) is 45.9 Å². The molecule has 8 heteroatoms. The van der Waals surface area contributed by atoms with E-state index in [0.717, 1.165) is 24.2 Å². The Kier molecular flexibility index (Phi) is 8.86. The highest BCUT2D eigenvalue weighted by molar-refractivity contribution is 5.96. The normalized spacial score (nSPS) is 13.9. The van der Waals surface area contributed by atoms with Crippen LogP contribution in [-0.4, -0.2) is 72.5 Å². The number of morpholine rings is 1. The molecule has 4 rings (SSSR count). The summed E-state index contributed by atoms with van der Waals surface area (Å²) in [7, 11) is 0. The molecule has 7 nitrogen and oxygen atoms in total. The summed E-state index contributed by atoms with van der Waals surface area (Å²) in [6.45, 7) is 6.43. The van der Waals surface area contributed by atoms with Crippen LogP contribution in [0.25, 0.3) is 0 Å². The molecular formula is C28H32FN3O4. The second kappa shape index (κ2) is 12.5. The van der Waals surface area contributed by atoms with Gasteiger partial charge in [-0.25, -0.2) is 4.39 Å². The van der Waals surface area contributed by atoms with Gasteiger partial charge < -0.3 is 19.0 Å². The zero-order valence-electron chi connectivity index (χ0n) is 20.6. The molecule has 0 atom stereocenters. The van der Waals surface area contributed by atoms with Crippen molar-refractivity contribution in [3.8, 4) is 0 Å². The maximum atomic E-state index is 13.6. The standard InChI is InChI=1S/C28H32FN3O4/c1-22-4-8-24(9-5-22)28(34)31(13-12-30-14-17-35-18-15-30)21-27(33)32(20-26-3-2-16-36-26)19-23-6-10-25(29)11-7-23/h2-11,16H,12-15,17-21H2,1H3. The molecule has 0 aliphatic carbocycles. The molecule has 0 saturated carbocycles. The smallest absolute Gasteiger partial charge is 0.254 e. The van der Waals surface area contributed by atoms with Crippen molar-refractivity contribution >= 4 is 11.8 Å². The van der Waals surface area contributed by atoms with Crippen molar-refractivity contribution in [1.82, 2.24) is 14.7 Å². The summed E-state index contributed by atoms with van der Waals surface area (Å²) in [5, 5.41) is 0. The molecule has 3 aromatic rings. The first-order valence-corrected chi connectivity index (χ1v) is 12.2.